The molecule has 0 saturated heterocycles. The highest BCUT2D eigenvalue weighted by Crippen LogP contribution is 2.25. The van der Waals surface area contributed by atoms with Gasteiger partial charge in [-0.05, 0) is 43.7 Å². The predicted molar refractivity (Wildman–Crippen MR) is 104 cm³/mol. The van der Waals surface area contributed by atoms with Crippen LogP contribution in [0.15, 0.2) is 42.6 Å². The van der Waals surface area contributed by atoms with E-state index in [-0.39, 0.29) is 11.6 Å². The molecule has 3 rings (SSSR count). The Bertz CT molecular complexity index is 799. The predicted octanol–water partition coefficient (Wildman–Crippen LogP) is 3.80. The molecule has 6 heteroatoms. The molecule has 0 aliphatic heterocycles. The first kappa shape index (κ1) is 19.0. The number of anilines is 1. The van der Waals surface area contributed by atoms with Gasteiger partial charge in [-0.1, -0.05) is 37.5 Å². The number of para-hydroxylation sites is 1. The molecule has 1 aliphatic carbocycles. The minimum Gasteiger partial charge on any atom is -0.477 e. The van der Waals surface area contributed by atoms with Gasteiger partial charge in [-0.2, -0.15) is 0 Å². The first-order chi connectivity index (χ1) is 13.0. The topological polar surface area (TPSA) is 82.5 Å². The number of carbonyl (C=O) groups is 2. The first-order valence-electron chi connectivity index (χ1n) is 9.33. The van der Waals surface area contributed by atoms with Crippen LogP contribution in [0.4, 0.5) is 5.69 Å². The zero-order chi connectivity index (χ0) is 19.2. The van der Waals surface area contributed by atoms with Crippen LogP contribution >= 0.6 is 0 Å². The zero-order valence-electron chi connectivity index (χ0n) is 15.5. The number of carboxylic acids is 1. The second-order valence-corrected chi connectivity index (χ2v) is 7.06. The number of pyridine rings is 1. The maximum atomic E-state index is 12.5. The summed E-state index contributed by atoms with van der Waals surface area (Å²) >= 11 is 0. The van der Waals surface area contributed by atoms with E-state index >= 15 is 0 Å². The van der Waals surface area contributed by atoms with Crippen molar-refractivity contribution in [1.82, 2.24) is 9.88 Å². The first-order valence-corrected chi connectivity index (χ1v) is 9.33. The molecule has 1 aromatic carbocycles. The van der Waals surface area contributed by atoms with Crippen molar-refractivity contribution in [1.29, 1.82) is 0 Å². The van der Waals surface area contributed by atoms with E-state index in [1.54, 1.807) is 0 Å². The maximum Gasteiger partial charge on any atom is 0.354 e. The van der Waals surface area contributed by atoms with E-state index in [0.29, 0.717) is 11.6 Å². The van der Waals surface area contributed by atoms with E-state index in [9.17, 15) is 9.59 Å². The number of nitrogens with zero attached hydrogens (tertiary/aromatic N) is 2. The van der Waals surface area contributed by atoms with Crippen LogP contribution in [0.5, 0.6) is 0 Å². The average molecular weight is 367 g/mol. The average Bonchev–Trinajstić information content (AvgIpc) is 2.70. The normalized spacial score (nSPS) is 14.9. The minimum absolute atomic E-state index is 0.0824. The number of hydrogen-bond donors (Lipinski definition) is 2. The van der Waals surface area contributed by atoms with Crippen molar-refractivity contribution in [2.24, 2.45) is 0 Å². The van der Waals surface area contributed by atoms with E-state index < -0.39 is 5.97 Å². The molecular formula is C21H25N3O3. The number of amides is 1. The molecule has 0 unspecified atom stereocenters. The number of aromatic carboxylic acids is 1. The second-order valence-electron chi connectivity index (χ2n) is 7.06. The van der Waals surface area contributed by atoms with Crippen LogP contribution in [0, 0.1) is 0 Å². The summed E-state index contributed by atoms with van der Waals surface area (Å²) in [5.74, 6) is -1.41. The van der Waals surface area contributed by atoms with Gasteiger partial charge in [0.15, 0.2) is 0 Å². The second kappa shape index (κ2) is 8.77. The molecule has 142 valence electrons. The lowest BCUT2D eigenvalue weighted by Crippen LogP contribution is -2.33. The van der Waals surface area contributed by atoms with E-state index in [4.69, 9.17) is 5.11 Å². The van der Waals surface area contributed by atoms with Crippen molar-refractivity contribution in [3.8, 4) is 0 Å². The number of carbonyl (C=O) groups excluding carboxylic acids is 1. The van der Waals surface area contributed by atoms with Crippen molar-refractivity contribution in [3.63, 3.8) is 0 Å². The summed E-state index contributed by atoms with van der Waals surface area (Å²) in [6.45, 7) is 0.775. The summed E-state index contributed by atoms with van der Waals surface area (Å²) in [7, 11) is 2.14. The van der Waals surface area contributed by atoms with Crippen LogP contribution in [0.2, 0.25) is 0 Å². The third kappa shape index (κ3) is 4.92. The lowest BCUT2D eigenvalue weighted by molar-refractivity contribution is 0.0690. The molecule has 1 aliphatic rings. The van der Waals surface area contributed by atoms with Crippen molar-refractivity contribution >= 4 is 17.6 Å². The van der Waals surface area contributed by atoms with Gasteiger partial charge in [-0.3, -0.25) is 9.69 Å². The molecule has 1 heterocycles. The molecule has 6 nitrogen and oxygen atoms in total. The van der Waals surface area contributed by atoms with Gasteiger partial charge in [0.1, 0.15) is 5.69 Å². The van der Waals surface area contributed by atoms with Gasteiger partial charge in [-0.15, -0.1) is 0 Å². The monoisotopic (exact) mass is 367 g/mol. The Kier molecular flexibility index (Phi) is 6.19. The van der Waals surface area contributed by atoms with Crippen molar-refractivity contribution in [2.75, 3.05) is 12.4 Å². The molecular weight excluding hydrogens is 342 g/mol. The number of carboxylic acid groups (broad SMARTS) is 1. The molecule has 0 atom stereocenters. The SMILES string of the molecule is CN(Cc1ccccc1NC(=O)c1ccc(C(=O)O)nc1)C1CCCCC1. The Hall–Kier alpha value is -2.73. The molecule has 1 saturated carbocycles. The Labute approximate surface area is 159 Å². The molecule has 0 radical (unpaired) electrons. The summed E-state index contributed by atoms with van der Waals surface area (Å²) in [6.07, 6.45) is 7.64. The third-order valence-electron chi connectivity index (χ3n) is 5.13. The smallest absolute Gasteiger partial charge is 0.354 e. The molecule has 1 amide bonds. The lowest BCUT2D eigenvalue weighted by atomic mass is 9.94. The molecule has 27 heavy (non-hydrogen) atoms. The van der Waals surface area contributed by atoms with Gasteiger partial charge in [0.05, 0.1) is 5.56 Å². The zero-order valence-corrected chi connectivity index (χ0v) is 15.5. The highest BCUT2D eigenvalue weighted by Gasteiger charge is 2.19. The fourth-order valence-electron chi connectivity index (χ4n) is 3.55. The minimum atomic E-state index is -1.11. The summed E-state index contributed by atoms with van der Waals surface area (Å²) in [6, 6.07) is 11.2. The highest BCUT2D eigenvalue weighted by molar-refractivity contribution is 6.04. The number of rotatable bonds is 6. The van der Waals surface area contributed by atoms with Gasteiger partial charge in [0, 0.05) is 24.5 Å². The molecule has 0 spiro atoms. The van der Waals surface area contributed by atoms with Crippen molar-refractivity contribution in [3.05, 3.63) is 59.4 Å². The Morgan fingerprint density at radius 1 is 1.15 bits per heavy atom. The highest BCUT2D eigenvalue weighted by atomic mass is 16.4. The summed E-state index contributed by atoms with van der Waals surface area (Å²) < 4.78 is 0. The van der Waals surface area contributed by atoms with E-state index in [0.717, 1.165) is 17.8 Å². The van der Waals surface area contributed by atoms with Crippen LogP contribution in [0.1, 0.15) is 58.5 Å². The maximum absolute atomic E-state index is 12.5. The van der Waals surface area contributed by atoms with Gasteiger partial charge in [0.2, 0.25) is 0 Å². The third-order valence-corrected chi connectivity index (χ3v) is 5.13. The number of aromatic nitrogens is 1. The quantitative estimate of drug-likeness (QED) is 0.811. The van der Waals surface area contributed by atoms with Gasteiger partial charge in [0.25, 0.3) is 5.91 Å². The van der Waals surface area contributed by atoms with Crippen LogP contribution in [-0.2, 0) is 6.54 Å². The van der Waals surface area contributed by atoms with Crippen LogP contribution in [0.3, 0.4) is 0 Å². The van der Waals surface area contributed by atoms with Gasteiger partial charge < -0.3 is 10.4 Å². The molecule has 1 fully saturated rings. The number of hydrogen-bond acceptors (Lipinski definition) is 4. The van der Waals surface area contributed by atoms with Gasteiger partial charge in [-0.25, -0.2) is 9.78 Å². The summed E-state index contributed by atoms with van der Waals surface area (Å²) in [5, 5.41) is 11.8. The fraction of sp³-hybridized carbons (Fsp3) is 0.381. The lowest BCUT2D eigenvalue weighted by Gasteiger charge is -2.31. The summed E-state index contributed by atoms with van der Waals surface area (Å²) in [4.78, 5) is 29.6. The van der Waals surface area contributed by atoms with Crippen molar-refractivity contribution < 1.29 is 14.7 Å². The van der Waals surface area contributed by atoms with Crippen LogP contribution < -0.4 is 5.32 Å². The Morgan fingerprint density at radius 3 is 2.56 bits per heavy atom. The Morgan fingerprint density at radius 2 is 1.89 bits per heavy atom. The summed E-state index contributed by atoms with van der Waals surface area (Å²) in [5.41, 5.74) is 2.08. The number of nitrogens with one attached hydrogen (secondary N) is 1. The van der Waals surface area contributed by atoms with Crippen LogP contribution in [0.25, 0.3) is 0 Å². The van der Waals surface area contributed by atoms with Crippen LogP contribution in [-0.4, -0.2) is 40.0 Å². The molecule has 0 bridgehead atoms. The van der Waals surface area contributed by atoms with E-state index in [2.05, 4.69) is 22.2 Å². The Balaban J connectivity index is 1.69. The number of benzene rings is 1. The van der Waals surface area contributed by atoms with E-state index in [1.165, 1.54) is 50.4 Å². The standard InChI is InChI=1S/C21H25N3O3/c1-24(17-8-3-2-4-9-17)14-16-7-5-6-10-18(16)23-20(25)15-11-12-19(21(26)27)22-13-15/h5-7,10-13,17H,2-4,8-9,14H2,1H3,(H,23,25)(H,26,27). The van der Waals surface area contributed by atoms with Crippen molar-refractivity contribution in [2.45, 2.75) is 44.7 Å². The molecule has 2 N–H and O–H groups in total. The van der Waals surface area contributed by atoms with Gasteiger partial charge >= 0.3 is 5.97 Å². The molecule has 1 aromatic heterocycles. The largest absolute Gasteiger partial charge is 0.477 e. The molecule has 2 aromatic rings. The van der Waals surface area contributed by atoms with E-state index in [1.807, 2.05) is 24.3 Å². The fourth-order valence-corrected chi connectivity index (χ4v) is 3.55.